The summed E-state index contributed by atoms with van der Waals surface area (Å²) in [5, 5.41) is 2.77. The Morgan fingerprint density at radius 3 is 2.59 bits per heavy atom. The molecule has 1 aliphatic rings. The number of amides is 2. The van der Waals surface area contributed by atoms with E-state index < -0.39 is 6.04 Å². The average Bonchev–Trinajstić information content (AvgIpc) is 3.06. The molecule has 1 N–H and O–H groups in total. The van der Waals surface area contributed by atoms with E-state index in [4.69, 9.17) is 4.74 Å². The largest absolute Gasteiger partial charge is 0.494 e. The maximum absolute atomic E-state index is 12.1. The van der Waals surface area contributed by atoms with E-state index in [1.807, 2.05) is 35.2 Å². The molecule has 1 fully saturated rings. The summed E-state index contributed by atoms with van der Waals surface area (Å²) >= 11 is 0. The number of hydrogen-bond acceptors (Lipinski definition) is 3. The predicted octanol–water partition coefficient (Wildman–Crippen LogP) is 1.97. The second kappa shape index (κ2) is 8.41. The zero-order valence-corrected chi connectivity index (χ0v) is 13.1. The molecule has 120 valence electrons. The summed E-state index contributed by atoms with van der Waals surface area (Å²) < 4.78 is 5.53. The number of para-hydroxylation sites is 1. The molecule has 5 nitrogen and oxygen atoms in total. The molecule has 1 aliphatic heterocycles. The average molecular weight is 304 g/mol. The number of carbonyl (C=O) groups is 2. The van der Waals surface area contributed by atoms with Crippen molar-refractivity contribution in [1.82, 2.24) is 10.2 Å². The monoisotopic (exact) mass is 304 g/mol. The van der Waals surface area contributed by atoms with E-state index in [2.05, 4.69) is 5.32 Å². The van der Waals surface area contributed by atoms with E-state index >= 15 is 0 Å². The maximum Gasteiger partial charge on any atom is 0.244 e. The van der Waals surface area contributed by atoms with E-state index in [9.17, 15) is 9.59 Å². The van der Waals surface area contributed by atoms with Crippen molar-refractivity contribution >= 4 is 11.8 Å². The van der Waals surface area contributed by atoms with Crippen LogP contribution in [0.4, 0.5) is 0 Å². The van der Waals surface area contributed by atoms with E-state index in [1.165, 1.54) is 0 Å². The maximum atomic E-state index is 12.1. The lowest BCUT2D eigenvalue weighted by Crippen LogP contribution is -2.45. The van der Waals surface area contributed by atoms with Crippen molar-refractivity contribution in [3.8, 4) is 5.75 Å². The highest BCUT2D eigenvalue weighted by Gasteiger charge is 2.23. The van der Waals surface area contributed by atoms with Crippen LogP contribution in [-0.4, -0.2) is 42.5 Å². The molecule has 0 radical (unpaired) electrons. The first-order valence-corrected chi connectivity index (χ1v) is 7.93. The third-order valence-corrected chi connectivity index (χ3v) is 3.73. The van der Waals surface area contributed by atoms with Crippen LogP contribution in [-0.2, 0) is 9.59 Å². The van der Waals surface area contributed by atoms with Gasteiger partial charge in [-0.25, -0.2) is 0 Å². The molecule has 0 aromatic heterocycles. The summed E-state index contributed by atoms with van der Waals surface area (Å²) in [6, 6.07) is 9.08. The topological polar surface area (TPSA) is 58.6 Å². The molecule has 1 saturated heterocycles. The van der Waals surface area contributed by atoms with Crippen molar-refractivity contribution < 1.29 is 14.3 Å². The van der Waals surface area contributed by atoms with Gasteiger partial charge in [-0.15, -0.1) is 0 Å². The zero-order valence-electron chi connectivity index (χ0n) is 13.1. The molecule has 0 unspecified atom stereocenters. The van der Waals surface area contributed by atoms with Crippen molar-refractivity contribution in [1.29, 1.82) is 0 Å². The molecule has 1 heterocycles. The summed E-state index contributed by atoms with van der Waals surface area (Å²) in [4.78, 5) is 25.8. The fourth-order valence-corrected chi connectivity index (χ4v) is 2.53. The first-order chi connectivity index (χ1) is 10.7. The first-order valence-electron chi connectivity index (χ1n) is 7.93. The number of rotatable bonds is 7. The van der Waals surface area contributed by atoms with Crippen LogP contribution in [0.2, 0.25) is 0 Å². The van der Waals surface area contributed by atoms with Crippen LogP contribution in [0.25, 0.3) is 0 Å². The van der Waals surface area contributed by atoms with Gasteiger partial charge in [-0.2, -0.15) is 0 Å². The summed E-state index contributed by atoms with van der Waals surface area (Å²) in [6.07, 6.45) is 3.11. The van der Waals surface area contributed by atoms with Crippen molar-refractivity contribution in [2.24, 2.45) is 0 Å². The number of nitrogens with one attached hydrogen (secondary N) is 1. The molecule has 1 atom stereocenters. The highest BCUT2D eigenvalue weighted by Crippen LogP contribution is 2.10. The third kappa shape index (κ3) is 5.06. The zero-order chi connectivity index (χ0) is 15.8. The van der Waals surface area contributed by atoms with Crippen LogP contribution >= 0.6 is 0 Å². The Hall–Kier alpha value is -2.04. The summed E-state index contributed by atoms with van der Waals surface area (Å²) in [5.41, 5.74) is 0. The van der Waals surface area contributed by atoms with Crippen molar-refractivity contribution in [2.45, 2.75) is 38.6 Å². The van der Waals surface area contributed by atoms with Crippen LogP contribution in [0.3, 0.4) is 0 Å². The van der Waals surface area contributed by atoms with Crippen LogP contribution in [0.15, 0.2) is 30.3 Å². The van der Waals surface area contributed by atoms with Gasteiger partial charge < -0.3 is 15.0 Å². The fraction of sp³-hybridized carbons (Fsp3) is 0.529. The molecule has 1 aromatic carbocycles. The second-order valence-corrected chi connectivity index (χ2v) is 5.59. The molecule has 0 spiro atoms. The normalized spacial score (nSPS) is 15.4. The molecule has 22 heavy (non-hydrogen) atoms. The van der Waals surface area contributed by atoms with Gasteiger partial charge in [0.15, 0.2) is 0 Å². The number of carbonyl (C=O) groups excluding carboxylic acids is 2. The van der Waals surface area contributed by atoms with E-state index in [-0.39, 0.29) is 11.8 Å². The highest BCUT2D eigenvalue weighted by molar-refractivity contribution is 5.87. The molecule has 5 heteroatoms. The standard InChI is InChI=1S/C17H24N2O3/c1-14(17(21)19-11-5-6-12-19)18-16(20)10-7-13-22-15-8-3-2-4-9-15/h2-4,8-9,14H,5-7,10-13H2,1H3,(H,18,20)/t14-/m1/s1. The first kappa shape index (κ1) is 16.3. The minimum atomic E-state index is -0.444. The lowest BCUT2D eigenvalue weighted by atomic mass is 10.2. The van der Waals surface area contributed by atoms with E-state index in [1.54, 1.807) is 6.92 Å². The smallest absolute Gasteiger partial charge is 0.244 e. The lowest BCUT2D eigenvalue weighted by molar-refractivity contribution is -0.135. The van der Waals surface area contributed by atoms with E-state index in [0.29, 0.717) is 19.4 Å². The summed E-state index contributed by atoms with van der Waals surface area (Å²) in [7, 11) is 0. The lowest BCUT2D eigenvalue weighted by Gasteiger charge is -2.21. The van der Waals surface area contributed by atoms with Gasteiger partial charge in [0, 0.05) is 19.5 Å². The Bertz CT molecular complexity index is 484. The highest BCUT2D eigenvalue weighted by atomic mass is 16.5. The summed E-state index contributed by atoms with van der Waals surface area (Å²) in [6.45, 7) is 3.86. The molecule has 0 saturated carbocycles. The SMILES string of the molecule is C[C@@H](NC(=O)CCCOc1ccccc1)C(=O)N1CCCC1. The minimum absolute atomic E-state index is 0.0198. The van der Waals surface area contributed by atoms with Gasteiger partial charge >= 0.3 is 0 Å². The fourth-order valence-electron chi connectivity index (χ4n) is 2.53. The van der Waals surface area contributed by atoms with Crippen molar-refractivity contribution in [3.05, 3.63) is 30.3 Å². The number of ether oxygens (including phenoxy) is 1. The molecular formula is C17H24N2O3. The Morgan fingerprint density at radius 1 is 1.23 bits per heavy atom. The van der Waals surface area contributed by atoms with Gasteiger partial charge in [-0.05, 0) is 38.3 Å². The van der Waals surface area contributed by atoms with E-state index in [0.717, 1.165) is 31.7 Å². The van der Waals surface area contributed by atoms with Gasteiger partial charge in [0.1, 0.15) is 11.8 Å². The van der Waals surface area contributed by atoms with Gasteiger partial charge in [0.2, 0.25) is 11.8 Å². The van der Waals surface area contributed by atoms with Gasteiger partial charge in [-0.3, -0.25) is 9.59 Å². The van der Waals surface area contributed by atoms with Gasteiger partial charge in [0.25, 0.3) is 0 Å². The number of hydrogen-bond donors (Lipinski definition) is 1. The molecule has 2 rings (SSSR count). The number of nitrogens with zero attached hydrogens (tertiary/aromatic N) is 1. The quantitative estimate of drug-likeness (QED) is 0.784. The number of likely N-dealkylation sites (tertiary alicyclic amines) is 1. The second-order valence-electron chi connectivity index (χ2n) is 5.59. The molecule has 2 amide bonds. The number of benzene rings is 1. The van der Waals surface area contributed by atoms with Crippen LogP contribution in [0.1, 0.15) is 32.6 Å². The Balaban J connectivity index is 1.61. The Morgan fingerprint density at radius 2 is 1.91 bits per heavy atom. The van der Waals surface area contributed by atoms with Gasteiger partial charge in [-0.1, -0.05) is 18.2 Å². The Labute approximate surface area is 131 Å². The summed E-state index contributed by atoms with van der Waals surface area (Å²) in [5.74, 6) is 0.726. The van der Waals surface area contributed by atoms with Crippen molar-refractivity contribution in [2.75, 3.05) is 19.7 Å². The molecule has 1 aromatic rings. The van der Waals surface area contributed by atoms with Gasteiger partial charge in [0.05, 0.1) is 6.61 Å². The Kier molecular flexibility index (Phi) is 6.25. The van der Waals surface area contributed by atoms with Crippen LogP contribution < -0.4 is 10.1 Å². The minimum Gasteiger partial charge on any atom is -0.494 e. The third-order valence-electron chi connectivity index (χ3n) is 3.73. The van der Waals surface area contributed by atoms with Crippen molar-refractivity contribution in [3.63, 3.8) is 0 Å². The predicted molar refractivity (Wildman–Crippen MR) is 84.6 cm³/mol. The van der Waals surface area contributed by atoms with Crippen LogP contribution in [0, 0.1) is 0 Å². The molecule has 0 aliphatic carbocycles. The molecule has 0 bridgehead atoms. The van der Waals surface area contributed by atoms with Crippen LogP contribution in [0.5, 0.6) is 5.75 Å². The molecular weight excluding hydrogens is 280 g/mol.